The summed E-state index contributed by atoms with van der Waals surface area (Å²) in [5, 5.41) is 0. The lowest BCUT2D eigenvalue weighted by atomic mass is 9.77. The van der Waals surface area contributed by atoms with Gasteiger partial charge in [-0.2, -0.15) is 0 Å². The maximum Gasteiger partial charge on any atom is 0.159 e. The van der Waals surface area contributed by atoms with Gasteiger partial charge in [-0.25, -0.2) is 14.4 Å². The Bertz CT molecular complexity index is 828. The Morgan fingerprint density at radius 1 is 1.38 bits per heavy atom. The normalized spacial score (nSPS) is 17.1. The molecule has 0 amide bonds. The summed E-state index contributed by atoms with van der Waals surface area (Å²) in [6.07, 6.45) is 4.79. The minimum absolute atomic E-state index is 0.284. The van der Waals surface area contributed by atoms with Gasteiger partial charge in [0.1, 0.15) is 17.3 Å². The van der Waals surface area contributed by atoms with E-state index in [2.05, 4.69) is 15.0 Å². The topological polar surface area (TPSA) is 72.5 Å². The fourth-order valence-electron chi connectivity index (χ4n) is 2.90. The molecular formula is C15H16FN5. The number of benzene rings is 1. The van der Waals surface area contributed by atoms with E-state index in [-0.39, 0.29) is 11.4 Å². The summed E-state index contributed by atoms with van der Waals surface area (Å²) in [6.45, 7) is 0. The Labute approximate surface area is 121 Å². The van der Waals surface area contributed by atoms with E-state index in [9.17, 15) is 4.39 Å². The molecule has 0 atom stereocenters. The molecule has 0 aliphatic heterocycles. The van der Waals surface area contributed by atoms with Gasteiger partial charge in [0.15, 0.2) is 5.82 Å². The second-order valence-corrected chi connectivity index (χ2v) is 5.78. The zero-order valence-electron chi connectivity index (χ0n) is 11.7. The Morgan fingerprint density at radius 2 is 2.19 bits per heavy atom. The zero-order valence-corrected chi connectivity index (χ0v) is 11.7. The van der Waals surface area contributed by atoms with Crippen molar-refractivity contribution in [2.45, 2.75) is 24.8 Å². The average molecular weight is 285 g/mol. The lowest BCUT2D eigenvalue weighted by Crippen LogP contribution is -2.44. The van der Waals surface area contributed by atoms with Gasteiger partial charge in [-0.3, -0.25) is 0 Å². The molecule has 6 heteroatoms. The number of hydrogen-bond donors (Lipinski definition) is 2. The van der Waals surface area contributed by atoms with Crippen molar-refractivity contribution in [2.75, 3.05) is 0 Å². The first-order chi connectivity index (χ1) is 10.1. The number of aromatic amines is 1. The smallest absolute Gasteiger partial charge is 0.159 e. The number of rotatable bonds is 2. The van der Waals surface area contributed by atoms with Crippen LogP contribution in [0.3, 0.4) is 0 Å². The molecule has 5 nitrogen and oxygen atoms in total. The third-order valence-electron chi connectivity index (χ3n) is 4.38. The fraction of sp³-hybridized carbons (Fsp3) is 0.333. The first kappa shape index (κ1) is 12.5. The van der Waals surface area contributed by atoms with E-state index >= 15 is 0 Å². The molecule has 0 spiro atoms. The van der Waals surface area contributed by atoms with E-state index in [0.29, 0.717) is 5.52 Å². The molecule has 1 aliphatic carbocycles. The molecule has 108 valence electrons. The molecule has 0 radical (unpaired) electrons. The average Bonchev–Trinajstić information content (AvgIpc) is 3.01. The van der Waals surface area contributed by atoms with E-state index in [4.69, 9.17) is 5.73 Å². The first-order valence-electron chi connectivity index (χ1n) is 7.03. The number of nitrogens with two attached hydrogens (primary N) is 1. The molecule has 3 aromatic rings. The zero-order chi connectivity index (χ0) is 14.6. The number of fused-ring (bicyclic) bond motifs is 1. The molecule has 0 bridgehead atoms. The van der Waals surface area contributed by atoms with E-state index in [1.165, 1.54) is 12.1 Å². The SMILES string of the molecule is Cn1c(-c2cnc(C3(N)CCC3)[nH]2)nc2cc(F)ccc21. The van der Waals surface area contributed by atoms with Crippen LogP contribution in [0.15, 0.2) is 24.4 Å². The maximum atomic E-state index is 13.3. The summed E-state index contributed by atoms with van der Waals surface area (Å²) in [5.41, 5.74) is 8.28. The van der Waals surface area contributed by atoms with Crippen LogP contribution in [0.1, 0.15) is 25.1 Å². The molecule has 1 aromatic carbocycles. The molecule has 0 saturated heterocycles. The molecular weight excluding hydrogens is 269 g/mol. The van der Waals surface area contributed by atoms with Crippen LogP contribution in [0.25, 0.3) is 22.6 Å². The lowest BCUT2D eigenvalue weighted by Gasteiger charge is -2.35. The molecule has 1 aliphatic rings. The molecule has 1 fully saturated rings. The van der Waals surface area contributed by atoms with Crippen LogP contribution in [-0.4, -0.2) is 19.5 Å². The minimum Gasteiger partial charge on any atom is -0.338 e. The standard InChI is InChI=1S/C15H16FN5/c1-21-12-4-3-9(16)7-10(12)19-13(21)11-8-18-14(20-11)15(17)5-2-6-15/h3-4,7-8H,2,5-6,17H2,1H3,(H,18,20). The summed E-state index contributed by atoms with van der Waals surface area (Å²) >= 11 is 0. The largest absolute Gasteiger partial charge is 0.338 e. The summed E-state index contributed by atoms with van der Waals surface area (Å²) in [5.74, 6) is 1.26. The minimum atomic E-state index is -0.324. The molecule has 3 N–H and O–H groups in total. The number of aromatic nitrogens is 4. The van der Waals surface area contributed by atoms with Crippen molar-refractivity contribution in [1.82, 2.24) is 19.5 Å². The van der Waals surface area contributed by atoms with Crippen molar-refractivity contribution in [2.24, 2.45) is 12.8 Å². The number of hydrogen-bond acceptors (Lipinski definition) is 3. The van der Waals surface area contributed by atoms with Crippen molar-refractivity contribution >= 4 is 11.0 Å². The highest BCUT2D eigenvalue weighted by Gasteiger charge is 2.37. The Morgan fingerprint density at radius 3 is 2.90 bits per heavy atom. The van der Waals surface area contributed by atoms with E-state index in [1.807, 2.05) is 11.6 Å². The lowest BCUT2D eigenvalue weighted by molar-refractivity contribution is 0.240. The second-order valence-electron chi connectivity index (χ2n) is 5.78. The molecule has 21 heavy (non-hydrogen) atoms. The Balaban J connectivity index is 1.81. The molecule has 1 saturated carbocycles. The molecule has 2 aromatic heterocycles. The van der Waals surface area contributed by atoms with Crippen LogP contribution in [0.5, 0.6) is 0 Å². The highest BCUT2D eigenvalue weighted by molar-refractivity contribution is 5.79. The summed E-state index contributed by atoms with van der Waals surface area (Å²) in [7, 11) is 1.91. The highest BCUT2D eigenvalue weighted by atomic mass is 19.1. The van der Waals surface area contributed by atoms with Crippen LogP contribution in [0.2, 0.25) is 0 Å². The Kier molecular flexibility index (Phi) is 2.47. The van der Waals surface area contributed by atoms with Gasteiger partial charge < -0.3 is 15.3 Å². The van der Waals surface area contributed by atoms with Crippen molar-refractivity contribution in [3.05, 3.63) is 36.0 Å². The van der Waals surface area contributed by atoms with Gasteiger partial charge in [-0.15, -0.1) is 0 Å². The van der Waals surface area contributed by atoms with Crippen LogP contribution in [0.4, 0.5) is 4.39 Å². The number of nitrogens with one attached hydrogen (secondary N) is 1. The number of halogens is 1. The van der Waals surface area contributed by atoms with Gasteiger partial charge >= 0.3 is 0 Å². The van der Waals surface area contributed by atoms with Crippen LogP contribution in [-0.2, 0) is 12.6 Å². The number of imidazole rings is 2. The molecule has 4 rings (SSSR count). The quantitative estimate of drug-likeness (QED) is 0.759. The summed E-state index contributed by atoms with van der Waals surface area (Å²) in [4.78, 5) is 12.2. The van der Waals surface area contributed by atoms with E-state index in [1.54, 1.807) is 12.3 Å². The summed E-state index contributed by atoms with van der Waals surface area (Å²) in [6, 6.07) is 4.61. The fourth-order valence-corrected chi connectivity index (χ4v) is 2.90. The van der Waals surface area contributed by atoms with Crippen molar-refractivity contribution in [1.29, 1.82) is 0 Å². The van der Waals surface area contributed by atoms with E-state index < -0.39 is 0 Å². The third kappa shape index (κ3) is 1.79. The first-order valence-corrected chi connectivity index (χ1v) is 7.03. The second kappa shape index (κ2) is 4.14. The van der Waals surface area contributed by atoms with Crippen molar-refractivity contribution in [3.8, 4) is 11.5 Å². The number of nitrogens with zero attached hydrogens (tertiary/aromatic N) is 3. The van der Waals surface area contributed by atoms with Gasteiger partial charge in [0, 0.05) is 13.1 Å². The van der Waals surface area contributed by atoms with Crippen molar-refractivity contribution < 1.29 is 4.39 Å². The monoisotopic (exact) mass is 285 g/mol. The van der Waals surface area contributed by atoms with Gasteiger partial charge in [-0.1, -0.05) is 0 Å². The predicted molar refractivity (Wildman–Crippen MR) is 78.0 cm³/mol. The van der Waals surface area contributed by atoms with Gasteiger partial charge in [0.05, 0.1) is 22.8 Å². The third-order valence-corrected chi connectivity index (χ3v) is 4.38. The molecule has 2 heterocycles. The number of aryl methyl sites for hydroxylation is 1. The van der Waals surface area contributed by atoms with Gasteiger partial charge in [-0.05, 0) is 31.4 Å². The van der Waals surface area contributed by atoms with Crippen LogP contribution < -0.4 is 5.73 Å². The van der Waals surface area contributed by atoms with Gasteiger partial charge in [0.2, 0.25) is 0 Å². The van der Waals surface area contributed by atoms with E-state index in [0.717, 1.165) is 42.1 Å². The molecule has 0 unspecified atom stereocenters. The van der Waals surface area contributed by atoms with Gasteiger partial charge in [0.25, 0.3) is 0 Å². The highest BCUT2D eigenvalue weighted by Crippen LogP contribution is 2.37. The Hall–Kier alpha value is -2.21. The summed E-state index contributed by atoms with van der Waals surface area (Å²) < 4.78 is 15.2. The predicted octanol–water partition coefficient (Wildman–Crippen LogP) is 2.44. The van der Waals surface area contributed by atoms with Crippen LogP contribution in [0, 0.1) is 5.82 Å². The number of H-pyrrole nitrogens is 1. The maximum absolute atomic E-state index is 13.3. The van der Waals surface area contributed by atoms with Crippen molar-refractivity contribution in [3.63, 3.8) is 0 Å². The van der Waals surface area contributed by atoms with Crippen LogP contribution >= 0.6 is 0 Å².